The van der Waals surface area contributed by atoms with E-state index in [1.54, 1.807) is 6.92 Å². The van der Waals surface area contributed by atoms with Gasteiger partial charge in [0.25, 0.3) is 0 Å². The van der Waals surface area contributed by atoms with Crippen molar-refractivity contribution in [2.24, 2.45) is 0 Å². The molecule has 0 unspecified atom stereocenters. The van der Waals surface area contributed by atoms with Crippen molar-refractivity contribution in [1.82, 2.24) is 4.98 Å². The van der Waals surface area contributed by atoms with Gasteiger partial charge in [0.15, 0.2) is 0 Å². The molecule has 0 saturated carbocycles. The molecular weight excluding hydrogens is 322 g/mol. The average Bonchev–Trinajstić information content (AvgIpc) is 2.50. The van der Waals surface area contributed by atoms with Crippen molar-refractivity contribution in [3.63, 3.8) is 0 Å². The summed E-state index contributed by atoms with van der Waals surface area (Å²) in [6.45, 7) is 7.46. The highest BCUT2D eigenvalue weighted by Gasteiger charge is 2.05. The van der Waals surface area contributed by atoms with Gasteiger partial charge >= 0.3 is 0 Å². The summed E-state index contributed by atoms with van der Waals surface area (Å²) in [7, 11) is 0. The maximum absolute atomic E-state index is 4.68. The number of rotatable bonds is 3. The van der Waals surface area contributed by atoms with Crippen LogP contribution in [-0.4, -0.2) is 4.98 Å². The Hall–Kier alpha value is -2.11. The van der Waals surface area contributed by atoms with E-state index in [1.165, 1.54) is 0 Å². The molecule has 1 heterocycles. The molecule has 0 N–H and O–H groups in total. The van der Waals surface area contributed by atoms with Crippen LogP contribution in [-0.2, 0) is 0 Å². The van der Waals surface area contributed by atoms with Gasteiger partial charge in [-0.2, -0.15) is 0 Å². The molecule has 2 aromatic rings. The van der Waals surface area contributed by atoms with E-state index in [1.807, 2.05) is 49.4 Å². The number of pyridine rings is 1. The van der Waals surface area contributed by atoms with Crippen LogP contribution in [0.3, 0.4) is 0 Å². The summed E-state index contributed by atoms with van der Waals surface area (Å²) in [4.78, 5) is 4.68. The van der Waals surface area contributed by atoms with Crippen LogP contribution in [0.5, 0.6) is 0 Å². The molecule has 0 radical (unpaired) electrons. The molecule has 0 amide bonds. The number of nitrogens with zero attached hydrogens (tertiary/aromatic N) is 1. The summed E-state index contributed by atoms with van der Waals surface area (Å²) in [5.74, 6) is 2.25. The molecule has 0 atom stereocenters. The molecule has 0 spiro atoms. The number of allylic oxidation sites excluding steroid dienone is 3. The Morgan fingerprint density at radius 1 is 1.29 bits per heavy atom. The second kappa shape index (κ2) is 8.94. The minimum Gasteiger partial charge on any atom is -0.248 e. The summed E-state index contributed by atoms with van der Waals surface area (Å²) < 4.78 is 1.02. The Bertz CT molecular complexity index is 664. The minimum atomic E-state index is 0.931. The second-order valence-corrected chi connectivity index (χ2v) is 5.07. The van der Waals surface area contributed by atoms with Crippen molar-refractivity contribution in [3.05, 3.63) is 71.4 Å². The number of terminal acetylenes is 1. The zero-order valence-electron chi connectivity index (χ0n) is 12.3. The number of hydrogen-bond donors (Lipinski definition) is 0. The Morgan fingerprint density at radius 3 is 2.43 bits per heavy atom. The zero-order valence-corrected chi connectivity index (χ0v) is 13.9. The fourth-order valence-corrected chi connectivity index (χ4v) is 2.21. The van der Waals surface area contributed by atoms with Crippen LogP contribution >= 0.6 is 15.9 Å². The highest BCUT2D eigenvalue weighted by atomic mass is 79.9. The number of aromatic nitrogens is 1. The molecule has 1 aromatic heterocycles. The van der Waals surface area contributed by atoms with Gasteiger partial charge in [-0.3, -0.25) is 0 Å². The smallest absolute Gasteiger partial charge is 0.0720 e. The lowest BCUT2D eigenvalue weighted by atomic mass is 10.1. The molecule has 0 bridgehead atoms. The van der Waals surface area contributed by atoms with E-state index in [0.29, 0.717) is 0 Å². The quantitative estimate of drug-likeness (QED) is 0.513. The van der Waals surface area contributed by atoms with Crippen LogP contribution in [0.25, 0.3) is 16.8 Å². The Balaban J connectivity index is 0.000000677. The Morgan fingerprint density at radius 2 is 1.90 bits per heavy atom. The van der Waals surface area contributed by atoms with Gasteiger partial charge in [-0.15, -0.1) is 12.3 Å². The topological polar surface area (TPSA) is 12.9 Å². The molecule has 0 saturated heterocycles. The summed E-state index contributed by atoms with van der Waals surface area (Å²) in [6, 6.07) is 14.2. The van der Waals surface area contributed by atoms with Crippen LogP contribution < -0.4 is 0 Å². The van der Waals surface area contributed by atoms with Gasteiger partial charge in [-0.05, 0) is 31.6 Å². The molecule has 2 heteroatoms. The van der Waals surface area contributed by atoms with E-state index in [0.717, 1.165) is 27.0 Å². The van der Waals surface area contributed by atoms with Crippen LogP contribution in [0, 0.1) is 12.3 Å². The number of hydrogen-bond acceptors (Lipinski definition) is 1. The monoisotopic (exact) mass is 339 g/mol. The van der Waals surface area contributed by atoms with Gasteiger partial charge in [0.05, 0.1) is 11.4 Å². The molecule has 0 aliphatic rings. The number of benzene rings is 1. The van der Waals surface area contributed by atoms with Crippen molar-refractivity contribution < 1.29 is 0 Å². The van der Waals surface area contributed by atoms with Crippen LogP contribution in [0.4, 0.5) is 0 Å². The SMILES string of the molecule is C#CC.C=C/C(=C\C)c1cc(Br)cc(-c2ccccc2)n1. The first kappa shape index (κ1) is 16.9. The van der Waals surface area contributed by atoms with Crippen LogP contribution in [0.2, 0.25) is 0 Å². The first-order chi connectivity index (χ1) is 10.2. The highest BCUT2D eigenvalue weighted by Crippen LogP contribution is 2.25. The largest absolute Gasteiger partial charge is 0.248 e. The lowest BCUT2D eigenvalue weighted by Gasteiger charge is -2.07. The average molecular weight is 340 g/mol. The zero-order chi connectivity index (χ0) is 15.7. The van der Waals surface area contributed by atoms with Gasteiger partial charge in [0, 0.05) is 10.0 Å². The second-order valence-electron chi connectivity index (χ2n) is 4.16. The predicted molar refractivity (Wildman–Crippen MR) is 95.7 cm³/mol. The van der Waals surface area contributed by atoms with Crippen molar-refractivity contribution in [3.8, 4) is 23.6 Å². The van der Waals surface area contributed by atoms with Crippen molar-refractivity contribution in [2.75, 3.05) is 0 Å². The summed E-state index contributed by atoms with van der Waals surface area (Å²) in [5.41, 5.74) is 4.04. The molecule has 0 fully saturated rings. The predicted octanol–water partition coefficient (Wildman–Crippen LogP) is 5.74. The van der Waals surface area contributed by atoms with E-state index >= 15 is 0 Å². The third-order valence-corrected chi connectivity index (χ3v) is 3.14. The van der Waals surface area contributed by atoms with E-state index in [2.05, 4.69) is 52.0 Å². The van der Waals surface area contributed by atoms with Crippen molar-refractivity contribution in [1.29, 1.82) is 0 Å². The molecule has 1 aromatic carbocycles. The molecule has 0 aliphatic heterocycles. The van der Waals surface area contributed by atoms with E-state index in [9.17, 15) is 0 Å². The van der Waals surface area contributed by atoms with Gasteiger partial charge in [0.1, 0.15) is 0 Å². The van der Waals surface area contributed by atoms with Gasteiger partial charge in [-0.25, -0.2) is 4.98 Å². The minimum absolute atomic E-state index is 0.931. The van der Waals surface area contributed by atoms with E-state index in [-0.39, 0.29) is 0 Å². The fourth-order valence-electron chi connectivity index (χ4n) is 1.77. The summed E-state index contributed by atoms with van der Waals surface area (Å²) >= 11 is 3.54. The third kappa shape index (κ3) is 5.06. The Labute approximate surface area is 135 Å². The van der Waals surface area contributed by atoms with Crippen molar-refractivity contribution in [2.45, 2.75) is 13.8 Å². The highest BCUT2D eigenvalue weighted by molar-refractivity contribution is 9.10. The summed E-state index contributed by atoms with van der Waals surface area (Å²) in [6.07, 6.45) is 8.43. The molecule has 1 nitrogen and oxygen atoms in total. The lowest BCUT2D eigenvalue weighted by Crippen LogP contribution is -1.91. The molecular formula is C19H18BrN. The molecule has 2 rings (SSSR count). The molecule has 21 heavy (non-hydrogen) atoms. The summed E-state index contributed by atoms with van der Waals surface area (Å²) in [5, 5.41) is 0. The maximum atomic E-state index is 4.68. The van der Waals surface area contributed by atoms with Crippen LogP contribution in [0.15, 0.2) is 65.7 Å². The molecule has 0 aliphatic carbocycles. The van der Waals surface area contributed by atoms with E-state index < -0.39 is 0 Å². The normalized spacial score (nSPS) is 10.1. The first-order valence-corrected chi connectivity index (χ1v) is 7.35. The van der Waals surface area contributed by atoms with Crippen molar-refractivity contribution >= 4 is 21.5 Å². The maximum Gasteiger partial charge on any atom is 0.0720 e. The lowest BCUT2D eigenvalue weighted by molar-refractivity contribution is 1.27. The van der Waals surface area contributed by atoms with Gasteiger partial charge < -0.3 is 0 Å². The van der Waals surface area contributed by atoms with Gasteiger partial charge in [0.2, 0.25) is 0 Å². The fraction of sp³-hybridized carbons (Fsp3) is 0.105. The molecule has 106 valence electrons. The number of halogens is 1. The first-order valence-electron chi connectivity index (χ1n) is 6.55. The van der Waals surface area contributed by atoms with E-state index in [4.69, 9.17) is 0 Å². The Kier molecular flexibility index (Phi) is 7.21. The standard InChI is InChI=1S/C16H14BrN.C3H4/c1-3-12(4-2)15-10-14(17)11-16(18-15)13-8-6-5-7-9-13;1-3-2/h3-11H,1H2,2H3;1H,2H3/b12-4+;. The third-order valence-electron chi connectivity index (χ3n) is 2.69. The van der Waals surface area contributed by atoms with Gasteiger partial charge in [-0.1, -0.05) is 65.0 Å². The van der Waals surface area contributed by atoms with Crippen LogP contribution in [0.1, 0.15) is 19.5 Å².